The van der Waals surface area contributed by atoms with Gasteiger partial charge in [0.15, 0.2) is 5.82 Å². The molecule has 23 heavy (non-hydrogen) atoms. The minimum Gasteiger partial charge on any atom is -0.332 e. The molecule has 5 heteroatoms. The fraction of sp³-hybridized carbons (Fsp3) is 0.722. The summed E-state index contributed by atoms with van der Waals surface area (Å²) in [4.78, 5) is 15.1. The Morgan fingerprint density at radius 2 is 2.00 bits per heavy atom. The average molecular weight is 314 g/mol. The first-order valence-corrected chi connectivity index (χ1v) is 9.22. The molecule has 1 amide bonds. The SMILES string of the molecule is O=C([C@H]1CC=CCC1)N1CCC[C@H]1c1nnc2n1CCCCC2. The summed E-state index contributed by atoms with van der Waals surface area (Å²) in [7, 11) is 0. The lowest BCUT2D eigenvalue weighted by Gasteiger charge is -2.29. The maximum Gasteiger partial charge on any atom is 0.226 e. The molecule has 5 nitrogen and oxygen atoms in total. The van der Waals surface area contributed by atoms with E-state index >= 15 is 0 Å². The van der Waals surface area contributed by atoms with Crippen molar-refractivity contribution in [3.05, 3.63) is 23.8 Å². The van der Waals surface area contributed by atoms with E-state index in [1.165, 1.54) is 19.3 Å². The first-order chi connectivity index (χ1) is 11.3. The number of hydrogen-bond acceptors (Lipinski definition) is 3. The van der Waals surface area contributed by atoms with Crippen molar-refractivity contribution in [2.75, 3.05) is 6.54 Å². The fourth-order valence-electron chi connectivity index (χ4n) is 4.31. The largest absolute Gasteiger partial charge is 0.332 e. The molecule has 124 valence electrons. The van der Waals surface area contributed by atoms with Gasteiger partial charge in [-0.3, -0.25) is 4.79 Å². The van der Waals surface area contributed by atoms with Crippen LogP contribution < -0.4 is 0 Å². The molecule has 0 N–H and O–H groups in total. The van der Waals surface area contributed by atoms with E-state index in [0.29, 0.717) is 5.91 Å². The number of aromatic nitrogens is 3. The number of aryl methyl sites for hydroxylation is 1. The number of allylic oxidation sites excluding steroid dienone is 2. The van der Waals surface area contributed by atoms with Gasteiger partial charge in [-0.25, -0.2) is 0 Å². The van der Waals surface area contributed by atoms with Gasteiger partial charge in [0.25, 0.3) is 0 Å². The van der Waals surface area contributed by atoms with Gasteiger partial charge in [-0.15, -0.1) is 10.2 Å². The number of hydrogen-bond donors (Lipinski definition) is 0. The molecule has 0 radical (unpaired) electrons. The molecule has 1 aromatic rings. The summed E-state index contributed by atoms with van der Waals surface area (Å²) in [6.45, 7) is 1.90. The van der Waals surface area contributed by atoms with E-state index < -0.39 is 0 Å². The van der Waals surface area contributed by atoms with Crippen LogP contribution in [0.1, 0.15) is 69.1 Å². The van der Waals surface area contributed by atoms with Crippen molar-refractivity contribution in [3.8, 4) is 0 Å². The Bertz CT molecular complexity index is 606. The molecule has 0 aromatic carbocycles. The van der Waals surface area contributed by atoms with Crippen LogP contribution in [0, 0.1) is 5.92 Å². The zero-order valence-electron chi connectivity index (χ0n) is 13.8. The molecule has 0 saturated carbocycles. The smallest absolute Gasteiger partial charge is 0.226 e. The quantitative estimate of drug-likeness (QED) is 0.788. The summed E-state index contributed by atoms with van der Waals surface area (Å²) in [5, 5.41) is 8.94. The Kier molecular flexibility index (Phi) is 4.19. The Morgan fingerprint density at radius 1 is 1.04 bits per heavy atom. The fourth-order valence-corrected chi connectivity index (χ4v) is 4.31. The molecule has 1 fully saturated rings. The highest BCUT2D eigenvalue weighted by Gasteiger charge is 2.36. The normalized spacial score (nSPS) is 27.7. The van der Waals surface area contributed by atoms with Gasteiger partial charge in [0.05, 0.1) is 6.04 Å². The second-order valence-corrected chi connectivity index (χ2v) is 7.11. The van der Waals surface area contributed by atoms with Crippen LogP contribution in [0.15, 0.2) is 12.2 Å². The summed E-state index contributed by atoms with van der Waals surface area (Å²) in [6.07, 6.45) is 14.1. The van der Waals surface area contributed by atoms with Gasteiger partial charge < -0.3 is 9.47 Å². The van der Waals surface area contributed by atoms with Crippen LogP contribution in [0.2, 0.25) is 0 Å². The van der Waals surface area contributed by atoms with Gasteiger partial charge in [-0.1, -0.05) is 18.6 Å². The molecule has 1 aromatic heterocycles. The van der Waals surface area contributed by atoms with E-state index in [4.69, 9.17) is 0 Å². The van der Waals surface area contributed by atoms with Gasteiger partial charge in [0.2, 0.25) is 5.91 Å². The molecule has 3 heterocycles. The van der Waals surface area contributed by atoms with Crippen LogP contribution in [0.3, 0.4) is 0 Å². The van der Waals surface area contributed by atoms with Crippen molar-refractivity contribution < 1.29 is 4.79 Å². The predicted octanol–water partition coefficient (Wildman–Crippen LogP) is 3.02. The molecule has 3 aliphatic rings. The van der Waals surface area contributed by atoms with Crippen LogP contribution in [-0.2, 0) is 17.8 Å². The first kappa shape index (κ1) is 14.9. The van der Waals surface area contributed by atoms with Crippen molar-refractivity contribution >= 4 is 5.91 Å². The monoisotopic (exact) mass is 314 g/mol. The molecule has 1 aliphatic carbocycles. The third-order valence-electron chi connectivity index (χ3n) is 5.59. The number of fused-ring (bicyclic) bond motifs is 1. The van der Waals surface area contributed by atoms with E-state index in [1.54, 1.807) is 0 Å². The molecular formula is C18H26N4O. The standard InChI is InChI=1S/C18H26N4O/c23-18(14-8-3-1-4-9-14)21-13-7-10-15(21)17-20-19-16-11-5-2-6-12-22(16)17/h1,3,14-15H,2,4-13H2/t14-,15-/m0/s1. The van der Waals surface area contributed by atoms with Crippen molar-refractivity contribution in [3.63, 3.8) is 0 Å². The Labute approximate surface area is 137 Å². The summed E-state index contributed by atoms with van der Waals surface area (Å²) in [5.41, 5.74) is 0. The molecule has 2 atom stereocenters. The lowest BCUT2D eigenvalue weighted by Crippen LogP contribution is -2.37. The molecule has 2 aliphatic heterocycles. The lowest BCUT2D eigenvalue weighted by molar-refractivity contribution is -0.137. The van der Waals surface area contributed by atoms with E-state index in [-0.39, 0.29) is 12.0 Å². The van der Waals surface area contributed by atoms with Crippen molar-refractivity contribution in [2.45, 2.75) is 70.4 Å². The van der Waals surface area contributed by atoms with Crippen LogP contribution >= 0.6 is 0 Å². The van der Waals surface area contributed by atoms with E-state index in [1.807, 2.05) is 0 Å². The second-order valence-electron chi connectivity index (χ2n) is 7.11. The molecule has 4 rings (SSSR count). The number of rotatable bonds is 2. The number of carbonyl (C=O) groups is 1. The van der Waals surface area contributed by atoms with E-state index in [2.05, 4.69) is 31.8 Å². The third-order valence-corrected chi connectivity index (χ3v) is 5.59. The minimum atomic E-state index is 0.146. The predicted molar refractivity (Wildman–Crippen MR) is 87.7 cm³/mol. The van der Waals surface area contributed by atoms with Crippen LogP contribution in [-0.4, -0.2) is 32.1 Å². The van der Waals surface area contributed by atoms with Crippen LogP contribution in [0.25, 0.3) is 0 Å². The van der Waals surface area contributed by atoms with Gasteiger partial charge in [-0.2, -0.15) is 0 Å². The third kappa shape index (κ3) is 2.81. The Morgan fingerprint density at radius 3 is 2.87 bits per heavy atom. The molecule has 1 saturated heterocycles. The van der Waals surface area contributed by atoms with E-state index in [0.717, 1.165) is 63.3 Å². The number of amides is 1. The number of carbonyl (C=O) groups excluding carboxylic acids is 1. The van der Waals surface area contributed by atoms with Crippen molar-refractivity contribution in [1.82, 2.24) is 19.7 Å². The Balaban J connectivity index is 1.57. The molecule has 0 bridgehead atoms. The zero-order valence-corrected chi connectivity index (χ0v) is 13.8. The van der Waals surface area contributed by atoms with E-state index in [9.17, 15) is 4.79 Å². The molecular weight excluding hydrogens is 288 g/mol. The second kappa shape index (κ2) is 6.46. The lowest BCUT2D eigenvalue weighted by atomic mass is 9.93. The summed E-state index contributed by atoms with van der Waals surface area (Å²) >= 11 is 0. The molecule has 0 unspecified atom stereocenters. The van der Waals surface area contributed by atoms with Crippen molar-refractivity contribution in [2.24, 2.45) is 5.92 Å². The maximum absolute atomic E-state index is 13.0. The highest BCUT2D eigenvalue weighted by Crippen LogP contribution is 2.35. The van der Waals surface area contributed by atoms with Gasteiger partial charge >= 0.3 is 0 Å². The topological polar surface area (TPSA) is 51.0 Å². The summed E-state index contributed by atoms with van der Waals surface area (Å²) < 4.78 is 2.31. The highest BCUT2D eigenvalue weighted by atomic mass is 16.2. The number of likely N-dealkylation sites (tertiary alicyclic amines) is 1. The number of nitrogens with zero attached hydrogens (tertiary/aromatic N) is 4. The zero-order chi connectivity index (χ0) is 15.6. The minimum absolute atomic E-state index is 0.146. The Hall–Kier alpha value is -1.65. The van der Waals surface area contributed by atoms with Gasteiger partial charge in [0.1, 0.15) is 5.82 Å². The average Bonchev–Trinajstić information content (AvgIpc) is 3.16. The van der Waals surface area contributed by atoms with Crippen molar-refractivity contribution in [1.29, 1.82) is 0 Å². The summed E-state index contributed by atoms with van der Waals surface area (Å²) in [6, 6.07) is 0.146. The molecule has 0 spiro atoms. The summed E-state index contributed by atoms with van der Waals surface area (Å²) in [5.74, 6) is 2.67. The van der Waals surface area contributed by atoms with Gasteiger partial charge in [-0.05, 0) is 44.9 Å². The van der Waals surface area contributed by atoms with Gasteiger partial charge in [0, 0.05) is 25.4 Å². The highest BCUT2D eigenvalue weighted by molar-refractivity contribution is 5.80. The van der Waals surface area contributed by atoms with Crippen LogP contribution in [0.4, 0.5) is 0 Å². The van der Waals surface area contributed by atoms with Crippen LogP contribution in [0.5, 0.6) is 0 Å². The maximum atomic E-state index is 13.0. The first-order valence-electron chi connectivity index (χ1n) is 9.22.